The van der Waals surface area contributed by atoms with E-state index in [-0.39, 0.29) is 11.1 Å². The standard InChI is InChI=1S/C43H40N6O/c1-4-14-28(15-5-1)38-45-39(33-20-13-19-32-31-18-6-7-21-36(31)50-37(32)33)47-40(46-38)49-41-44-34-26-29-16-12-17-30(29)27-35(34)48(41)42(22-8-2-9-23-42)43(49)24-10-3-11-25-43/h1,4-7,13-15,18-21,26-27H,2-3,8-12,16-17,22-25H2. The lowest BCUT2D eigenvalue weighted by Gasteiger charge is -2.53. The molecule has 2 spiro atoms. The van der Waals surface area contributed by atoms with Gasteiger partial charge in [-0.25, -0.2) is 9.97 Å². The van der Waals surface area contributed by atoms with E-state index in [1.165, 1.54) is 74.4 Å². The van der Waals surface area contributed by atoms with Crippen molar-refractivity contribution in [3.8, 4) is 22.8 Å². The molecule has 0 unspecified atom stereocenters. The first-order valence-corrected chi connectivity index (χ1v) is 18.8. The van der Waals surface area contributed by atoms with Crippen molar-refractivity contribution in [1.29, 1.82) is 0 Å². The van der Waals surface area contributed by atoms with Crippen molar-refractivity contribution in [2.24, 2.45) is 0 Å². The lowest BCUT2D eigenvalue weighted by atomic mass is 9.62. The number of hydrogen-bond donors (Lipinski definition) is 0. The van der Waals surface area contributed by atoms with Crippen molar-refractivity contribution in [3.05, 3.63) is 96.1 Å². The summed E-state index contributed by atoms with van der Waals surface area (Å²) >= 11 is 0. The van der Waals surface area contributed by atoms with E-state index in [4.69, 9.17) is 24.4 Å². The predicted octanol–water partition coefficient (Wildman–Crippen LogP) is 10.5. The quantitative estimate of drug-likeness (QED) is 0.188. The zero-order valence-electron chi connectivity index (χ0n) is 28.4. The van der Waals surface area contributed by atoms with Crippen LogP contribution in [0.1, 0.15) is 81.8 Å². The van der Waals surface area contributed by atoms with Crippen LogP contribution in [0.15, 0.2) is 89.3 Å². The monoisotopic (exact) mass is 656 g/mol. The summed E-state index contributed by atoms with van der Waals surface area (Å²) in [6.07, 6.45) is 15.6. The minimum absolute atomic E-state index is 0.0545. The van der Waals surface area contributed by atoms with Crippen molar-refractivity contribution < 1.29 is 4.42 Å². The number of benzene rings is 4. The second-order valence-corrected chi connectivity index (χ2v) is 15.2. The molecule has 0 radical (unpaired) electrons. The van der Waals surface area contributed by atoms with Gasteiger partial charge in [0.25, 0.3) is 0 Å². The van der Waals surface area contributed by atoms with Crippen LogP contribution >= 0.6 is 0 Å². The normalized spacial score (nSPS) is 19.2. The van der Waals surface area contributed by atoms with E-state index in [0.29, 0.717) is 17.6 Å². The molecule has 0 amide bonds. The fourth-order valence-corrected chi connectivity index (χ4v) is 10.5. The summed E-state index contributed by atoms with van der Waals surface area (Å²) in [7, 11) is 0. The van der Waals surface area contributed by atoms with Gasteiger partial charge in [0.05, 0.1) is 27.7 Å². The molecule has 7 nitrogen and oxygen atoms in total. The topological polar surface area (TPSA) is 72.9 Å². The highest BCUT2D eigenvalue weighted by Crippen LogP contribution is 2.62. The van der Waals surface area contributed by atoms with Gasteiger partial charge in [-0.1, -0.05) is 99.2 Å². The Morgan fingerprint density at radius 1 is 0.580 bits per heavy atom. The lowest BCUT2D eigenvalue weighted by Crippen LogP contribution is -2.60. The maximum Gasteiger partial charge on any atom is 0.237 e. The molecule has 0 N–H and O–H groups in total. The average molecular weight is 657 g/mol. The van der Waals surface area contributed by atoms with Crippen molar-refractivity contribution in [2.45, 2.75) is 94.5 Å². The maximum atomic E-state index is 6.55. The summed E-state index contributed by atoms with van der Waals surface area (Å²) in [4.78, 5) is 24.2. The summed E-state index contributed by atoms with van der Waals surface area (Å²) in [5.74, 6) is 3.03. The molecule has 4 aromatic carbocycles. The molecule has 2 saturated carbocycles. The fraction of sp³-hybridized carbons (Fsp3) is 0.349. The lowest BCUT2D eigenvalue weighted by molar-refractivity contribution is 0.0769. The Hall–Kier alpha value is -5.04. The van der Waals surface area contributed by atoms with Crippen LogP contribution in [-0.4, -0.2) is 30.0 Å². The van der Waals surface area contributed by atoms with Gasteiger partial charge in [-0.2, -0.15) is 9.97 Å². The molecule has 0 bridgehead atoms. The Morgan fingerprint density at radius 3 is 2.10 bits per heavy atom. The van der Waals surface area contributed by atoms with E-state index in [9.17, 15) is 0 Å². The van der Waals surface area contributed by atoms with Crippen molar-refractivity contribution in [3.63, 3.8) is 0 Å². The minimum Gasteiger partial charge on any atom is -0.455 e. The Kier molecular flexibility index (Phi) is 6.17. The van der Waals surface area contributed by atoms with Crippen molar-refractivity contribution in [1.82, 2.24) is 24.5 Å². The third kappa shape index (κ3) is 3.92. The summed E-state index contributed by atoms with van der Waals surface area (Å²) < 4.78 is 9.26. The molecule has 1 aliphatic heterocycles. The highest BCUT2D eigenvalue weighted by molar-refractivity contribution is 6.09. The number of furan rings is 1. The smallest absolute Gasteiger partial charge is 0.237 e. The zero-order chi connectivity index (χ0) is 32.9. The Bertz CT molecular complexity index is 2450. The third-order valence-corrected chi connectivity index (χ3v) is 12.6. The van der Waals surface area contributed by atoms with Crippen LogP contribution in [-0.2, 0) is 18.4 Å². The van der Waals surface area contributed by atoms with Gasteiger partial charge in [0.2, 0.25) is 11.9 Å². The van der Waals surface area contributed by atoms with Gasteiger partial charge in [-0.15, -0.1) is 0 Å². The van der Waals surface area contributed by atoms with E-state index in [2.05, 4.69) is 76.2 Å². The Balaban J connectivity index is 1.20. The average Bonchev–Trinajstić information content (AvgIpc) is 3.93. The van der Waals surface area contributed by atoms with Crippen LogP contribution in [0.3, 0.4) is 0 Å². The van der Waals surface area contributed by atoms with Gasteiger partial charge in [0, 0.05) is 16.3 Å². The number of rotatable bonds is 3. The van der Waals surface area contributed by atoms with Crippen LogP contribution in [0, 0.1) is 0 Å². The molecule has 2 fully saturated rings. The number of hydrogen-bond acceptors (Lipinski definition) is 6. The third-order valence-electron chi connectivity index (χ3n) is 12.6. The van der Waals surface area contributed by atoms with Gasteiger partial charge in [0.15, 0.2) is 11.6 Å². The van der Waals surface area contributed by atoms with Gasteiger partial charge in [-0.3, -0.25) is 4.90 Å². The number of fused-ring (bicyclic) bond motifs is 9. The second-order valence-electron chi connectivity index (χ2n) is 15.2. The van der Waals surface area contributed by atoms with Crippen molar-refractivity contribution in [2.75, 3.05) is 4.90 Å². The van der Waals surface area contributed by atoms with Gasteiger partial charge in [-0.05, 0) is 80.3 Å². The highest BCUT2D eigenvalue weighted by Gasteiger charge is 2.64. The molecule has 248 valence electrons. The molecule has 3 aliphatic carbocycles. The largest absolute Gasteiger partial charge is 0.455 e. The molecule has 4 heterocycles. The summed E-state index contributed by atoms with van der Waals surface area (Å²) in [6.45, 7) is 0. The zero-order valence-corrected chi connectivity index (χ0v) is 28.4. The summed E-state index contributed by atoms with van der Waals surface area (Å²) in [5.41, 5.74) is 8.73. The molecule has 4 aliphatic rings. The maximum absolute atomic E-state index is 6.55. The Morgan fingerprint density at radius 2 is 1.28 bits per heavy atom. The van der Waals surface area contributed by atoms with E-state index in [0.717, 1.165) is 70.2 Å². The number of aryl methyl sites for hydroxylation is 2. The molecule has 7 heteroatoms. The molecule has 3 aromatic heterocycles. The van der Waals surface area contributed by atoms with E-state index < -0.39 is 0 Å². The summed E-state index contributed by atoms with van der Waals surface area (Å²) in [6, 6.07) is 29.8. The second kappa shape index (κ2) is 10.7. The van der Waals surface area contributed by atoms with Crippen LogP contribution in [0.4, 0.5) is 11.9 Å². The Labute approximate surface area is 291 Å². The fourth-order valence-electron chi connectivity index (χ4n) is 10.5. The van der Waals surface area contributed by atoms with Crippen LogP contribution < -0.4 is 4.90 Å². The molecule has 11 rings (SSSR count). The summed E-state index contributed by atoms with van der Waals surface area (Å²) in [5, 5.41) is 2.17. The van der Waals surface area contributed by atoms with E-state index in [1.807, 2.05) is 18.2 Å². The van der Waals surface area contributed by atoms with E-state index in [1.54, 1.807) is 0 Å². The first kappa shape index (κ1) is 28.8. The minimum atomic E-state index is -0.154. The number of anilines is 2. The van der Waals surface area contributed by atoms with Gasteiger partial charge >= 0.3 is 0 Å². The van der Waals surface area contributed by atoms with Gasteiger partial charge < -0.3 is 8.98 Å². The molecular weight excluding hydrogens is 617 g/mol. The SMILES string of the molecule is c1ccc(-c2nc(-c3cccc4c3oc3ccccc34)nc(N3c4nc5cc6c(cc5n4C4(CCCCC4)C34CCCCC4)CCC6)n2)cc1. The number of imidazole rings is 1. The number of para-hydroxylation sites is 2. The molecular formula is C43H40N6O. The van der Waals surface area contributed by atoms with Crippen LogP contribution in [0.5, 0.6) is 0 Å². The first-order chi connectivity index (χ1) is 24.7. The first-order valence-electron chi connectivity index (χ1n) is 18.8. The van der Waals surface area contributed by atoms with Crippen molar-refractivity contribution >= 4 is 44.9 Å². The molecule has 50 heavy (non-hydrogen) atoms. The number of nitrogens with zero attached hydrogens (tertiary/aromatic N) is 6. The van der Waals surface area contributed by atoms with Gasteiger partial charge in [0.1, 0.15) is 11.2 Å². The van der Waals surface area contributed by atoms with E-state index >= 15 is 0 Å². The number of aromatic nitrogens is 5. The molecule has 0 atom stereocenters. The molecule has 7 aromatic rings. The van der Waals surface area contributed by atoms with Crippen LogP contribution in [0.25, 0.3) is 55.7 Å². The molecule has 0 saturated heterocycles. The predicted molar refractivity (Wildman–Crippen MR) is 199 cm³/mol. The van der Waals surface area contributed by atoms with Crippen LogP contribution in [0.2, 0.25) is 0 Å². The highest BCUT2D eigenvalue weighted by atomic mass is 16.3.